The number of alkyl carbamates (subject to hydrolysis) is 1. The fourth-order valence-corrected chi connectivity index (χ4v) is 2.59. The van der Waals surface area contributed by atoms with E-state index in [1.807, 2.05) is 0 Å². The predicted molar refractivity (Wildman–Crippen MR) is 67.2 cm³/mol. The maximum Gasteiger partial charge on any atom is 0.407 e. The Kier molecular flexibility index (Phi) is 2.88. The maximum atomic E-state index is 11.2. The van der Waals surface area contributed by atoms with Crippen molar-refractivity contribution in [3.05, 3.63) is 12.4 Å². The number of nitrogens with zero attached hydrogens (tertiary/aromatic N) is 3. The molecule has 1 spiro atoms. The van der Waals surface area contributed by atoms with Crippen LogP contribution in [0.5, 0.6) is 5.88 Å². The average Bonchev–Trinajstić information content (AvgIpc) is 2.81. The molecular formula is C12H16N4O3. The van der Waals surface area contributed by atoms with Crippen LogP contribution in [0.25, 0.3) is 0 Å². The lowest BCUT2D eigenvalue weighted by Gasteiger charge is -2.37. The highest BCUT2D eigenvalue weighted by atomic mass is 16.6. The SMILES string of the molecule is COc1nccnc1N1CCC2(CC1)CNC(=O)O2. The maximum absolute atomic E-state index is 11.2. The smallest absolute Gasteiger partial charge is 0.407 e. The van der Waals surface area contributed by atoms with E-state index >= 15 is 0 Å². The molecule has 7 heteroatoms. The van der Waals surface area contributed by atoms with E-state index < -0.39 is 0 Å². The molecule has 1 N–H and O–H groups in total. The van der Waals surface area contributed by atoms with Gasteiger partial charge in [0.05, 0.1) is 13.7 Å². The van der Waals surface area contributed by atoms with Crippen LogP contribution in [-0.4, -0.2) is 48.4 Å². The molecule has 1 aromatic heterocycles. The van der Waals surface area contributed by atoms with Gasteiger partial charge < -0.3 is 19.7 Å². The second kappa shape index (κ2) is 4.56. The molecule has 19 heavy (non-hydrogen) atoms. The third-order valence-corrected chi connectivity index (χ3v) is 3.68. The van der Waals surface area contributed by atoms with Crippen molar-refractivity contribution in [1.82, 2.24) is 15.3 Å². The molecule has 0 saturated carbocycles. The van der Waals surface area contributed by atoms with Crippen molar-refractivity contribution in [1.29, 1.82) is 0 Å². The highest BCUT2D eigenvalue weighted by Gasteiger charge is 2.43. The number of hydrogen-bond donors (Lipinski definition) is 1. The summed E-state index contributed by atoms with van der Waals surface area (Å²) in [7, 11) is 1.58. The number of nitrogens with one attached hydrogen (secondary N) is 1. The normalized spacial score (nSPS) is 21.1. The first-order chi connectivity index (χ1) is 9.22. The van der Waals surface area contributed by atoms with E-state index in [1.54, 1.807) is 19.5 Å². The fourth-order valence-electron chi connectivity index (χ4n) is 2.59. The van der Waals surface area contributed by atoms with Crippen molar-refractivity contribution in [2.75, 3.05) is 31.6 Å². The average molecular weight is 264 g/mol. The molecule has 0 atom stereocenters. The fraction of sp³-hybridized carbons (Fsp3) is 0.583. The topological polar surface area (TPSA) is 76.6 Å². The van der Waals surface area contributed by atoms with Gasteiger partial charge in [0.25, 0.3) is 5.88 Å². The standard InChI is InChI=1S/C12H16N4O3/c1-18-10-9(13-4-5-14-10)16-6-2-12(3-7-16)8-15-11(17)19-12/h4-5H,2-3,6-8H2,1H3,(H,15,17). The molecule has 3 heterocycles. The molecule has 2 aliphatic rings. The first-order valence-electron chi connectivity index (χ1n) is 6.29. The van der Waals surface area contributed by atoms with E-state index in [4.69, 9.17) is 9.47 Å². The van der Waals surface area contributed by atoms with Gasteiger partial charge in [0.2, 0.25) is 0 Å². The molecule has 102 valence electrons. The van der Waals surface area contributed by atoms with E-state index in [9.17, 15) is 4.79 Å². The predicted octanol–water partition coefficient (Wildman–Crippen LogP) is 0.564. The van der Waals surface area contributed by atoms with Crippen molar-refractivity contribution < 1.29 is 14.3 Å². The third-order valence-electron chi connectivity index (χ3n) is 3.68. The van der Waals surface area contributed by atoms with E-state index in [0.717, 1.165) is 31.7 Å². The zero-order valence-electron chi connectivity index (χ0n) is 10.8. The molecule has 2 aliphatic heterocycles. The Morgan fingerprint density at radius 2 is 2.11 bits per heavy atom. The Morgan fingerprint density at radius 3 is 2.74 bits per heavy atom. The number of hydrogen-bond acceptors (Lipinski definition) is 6. The van der Waals surface area contributed by atoms with Crippen LogP contribution in [0.1, 0.15) is 12.8 Å². The molecule has 0 unspecified atom stereocenters. The van der Waals surface area contributed by atoms with Gasteiger partial charge in [-0.15, -0.1) is 0 Å². The number of piperidine rings is 1. The van der Waals surface area contributed by atoms with Crippen LogP contribution < -0.4 is 15.0 Å². The van der Waals surface area contributed by atoms with Gasteiger partial charge in [0.1, 0.15) is 5.60 Å². The van der Waals surface area contributed by atoms with Gasteiger partial charge in [-0.05, 0) is 0 Å². The van der Waals surface area contributed by atoms with E-state index in [0.29, 0.717) is 12.4 Å². The first-order valence-corrected chi connectivity index (χ1v) is 6.29. The van der Waals surface area contributed by atoms with Crippen LogP contribution in [0.4, 0.5) is 10.6 Å². The van der Waals surface area contributed by atoms with Gasteiger partial charge in [0, 0.05) is 38.3 Å². The number of amides is 1. The molecule has 1 aromatic rings. The van der Waals surface area contributed by atoms with Crippen molar-refractivity contribution in [3.8, 4) is 5.88 Å². The number of ether oxygens (including phenoxy) is 2. The largest absolute Gasteiger partial charge is 0.478 e. The minimum atomic E-state index is -0.344. The highest BCUT2D eigenvalue weighted by molar-refractivity contribution is 5.70. The van der Waals surface area contributed by atoms with Crippen molar-refractivity contribution in [2.45, 2.75) is 18.4 Å². The lowest BCUT2D eigenvalue weighted by atomic mass is 9.92. The third kappa shape index (κ3) is 2.16. The van der Waals surface area contributed by atoms with E-state index in [1.165, 1.54) is 0 Å². The number of rotatable bonds is 2. The highest BCUT2D eigenvalue weighted by Crippen LogP contribution is 2.33. The van der Waals surface area contributed by atoms with Gasteiger partial charge >= 0.3 is 6.09 Å². The zero-order chi connectivity index (χ0) is 13.3. The number of anilines is 1. The number of methoxy groups -OCH3 is 1. The van der Waals surface area contributed by atoms with Crippen LogP contribution >= 0.6 is 0 Å². The lowest BCUT2D eigenvalue weighted by molar-refractivity contribution is 0.0365. The minimum absolute atomic E-state index is 0.314. The van der Waals surface area contributed by atoms with Gasteiger partial charge in [-0.1, -0.05) is 0 Å². The summed E-state index contributed by atoms with van der Waals surface area (Å²) in [6, 6.07) is 0. The molecule has 0 bridgehead atoms. The summed E-state index contributed by atoms with van der Waals surface area (Å²) < 4.78 is 10.6. The van der Waals surface area contributed by atoms with Crippen molar-refractivity contribution in [3.63, 3.8) is 0 Å². The molecule has 2 fully saturated rings. The summed E-state index contributed by atoms with van der Waals surface area (Å²) in [6.45, 7) is 2.13. The van der Waals surface area contributed by atoms with E-state index in [2.05, 4.69) is 20.2 Å². The zero-order valence-corrected chi connectivity index (χ0v) is 10.8. The Labute approximate surface area is 110 Å². The number of carbonyl (C=O) groups excluding carboxylic acids is 1. The molecule has 0 radical (unpaired) electrons. The molecule has 0 aromatic carbocycles. The summed E-state index contributed by atoms with van der Waals surface area (Å²) in [5.41, 5.74) is -0.344. The number of carbonyl (C=O) groups is 1. The van der Waals surface area contributed by atoms with Crippen LogP contribution in [0.3, 0.4) is 0 Å². The minimum Gasteiger partial charge on any atom is -0.478 e. The molecule has 2 saturated heterocycles. The Morgan fingerprint density at radius 1 is 1.37 bits per heavy atom. The summed E-state index contributed by atoms with van der Waals surface area (Å²) in [5, 5.41) is 2.72. The van der Waals surface area contributed by atoms with Crippen molar-refractivity contribution >= 4 is 11.9 Å². The molecular weight excluding hydrogens is 248 g/mol. The van der Waals surface area contributed by atoms with Crippen LogP contribution in [0.2, 0.25) is 0 Å². The van der Waals surface area contributed by atoms with Crippen LogP contribution in [-0.2, 0) is 4.74 Å². The number of aromatic nitrogens is 2. The molecule has 1 amide bonds. The summed E-state index contributed by atoms with van der Waals surface area (Å²) in [4.78, 5) is 21.8. The quantitative estimate of drug-likeness (QED) is 0.841. The van der Waals surface area contributed by atoms with Gasteiger partial charge in [-0.2, -0.15) is 0 Å². The molecule has 7 nitrogen and oxygen atoms in total. The second-order valence-electron chi connectivity index (χ2n) is 4.80. The van der Waals surface area contributed by atoms with Crippen LogP contribution in [0.15, 0.2) is 12.4 Å². The van der Waals surface area contributed by atoms with E-state index in [-0.39, 0.29) is 11.7 Å². The Balaban J connectivity index is 1.72. The molecule has 3 rings (SSSR count). The first kappa shape index (κ1) is 12.0. The second-order valence-corrected chi connectivity index (χ2v) is 4.80. The van der Waals surface area contributed by atoms with Crippen molar-refractivity contribution in [2.24, 2.45) is 0 Å². The molecule has 0 aliphatic carbocycles. The van der Waals surface area contributed by atoms with Gasteiger partial charge in [0.15, 0.2) is 5.82 Å². The summed E-state index contributed by atoms with van der Waals surface area (Å²) in [5.74, 6) is 1.28. The lowest BCUT2D eigenvalue weighted by Crippen LogP contribution is -2.47. The monoisotopic (exact) mass is 264 g/mol. The Bertz CT molecular complexity index is 486. The van der Waals surface area contributed by atoms with Crippen LogP contribution in [0, 0.1) is 0 Å². The summed E-state index contributed by atoms with van der Waals surface area (Å²) >= 11 is 0. The Hall–Kier alpha value is -2.05. The van der Waals surface area contributed by atoms with Gasteiger partial charge in [-0.3, -0.25) is 0 Å². The summed E-state index contributed by atoms with van der Waals surface area (Å²) in [6.07, 6.45) is 4.51. The van der Waals surface area contributed by atoms with Gasteiger partial charge in [-0.25, -0.2) is 14.8 Å².